The van der Waals surface area contributed by atoms with Crippen molar-refractivity contribution in [3.05, 3.63) is 0 Å². The number of nitrogens with one attached hydrogen (secondary N) is 2. The van der Waals surface area contributed by atoms with E-state index in [0.717, 1.165) is 19.5 Å². The summed E-state index contributed by atoms with van der Waals surface area (Å²) >= 11 is 0. The Bertz CT molecular complexity index is 151. The molecule has 0 rings (SSSR count). The van der Waals surface area contributed by atoms with Gasteiger partial charge >= 0.3 is 0 Å². The van der Waals surface area contributed by atoms with Crippen LogP contribution in [0.15, 0.2) is 0 Å². The summed E-state index contributed by atoms with van der Waals surface area (Å²) < 4.78 is 5.06. The SMILES string of the molecule is CCCNC(=O)CCNCC(C)OC. The normalized spacial score (nSPS) is 12.5. The van der Waals surface area contributed by atoms with Crippen molar-refractivity contribution < 1.29 is 9.53 Å². The van der Waals surface area contributed by atoms with Gasteiger partial charge in [-0.3, -0.25) is 4.79 Å². The van der Waals surface area contributed by atoms with Gasteiger partial charge in [-0.2, -0.15) is 0 Å². The second-order valence-corrected chi connectivity index (χ2v) is 3.35. The van der Waals surface area contributed by atoms with Crippen LogP contribution in [0, 0.1) is 0 Å². The zero-order valence-electron chi connectivity index (χ0n) is 9.43. The van der Waals surface area contributed by atoms with Crippen molar-refractivity contribution in [1.82, 2.24) is 10.6 Å². The number of hydrogen-bond donors (Lipinski definition) is 2. The molecule has 0 aromatic heterocycles. The molecular weight excluding hydrogens is 180 g/mol. The van der Waals surface area contributed by atoms with E-state index < -0.39 is 0 Å². The number of methoxy groups -OCH3 is 1. The molecule has 1 amide bonds. The van der Waals surface area contributed by atoms with Crippen molar-refractivity contribution in [2.45, 2.75) is 32.8 Å². The third kappa shape index (κ3) is 8.01. The van der Waals surface area contributed by atoms with E-state index in [1.54, 1.807) is 7.11 Å². The second kappa shape index (κ2) is 8.97. The van der Waals surface area contributed by atoms with Crippen LogP contribution in [0.2, 0.25) is 0 Å². The summed E-state index contributed by atoms with van der Waals surface area (Å²) in [6.45, 7) is 6.30. The first-order valence-electron chi connectivity index (χ1n) is 5.20. The lowest BCUT2D eigenvalue weighted by molar-refractivity contribution is -0.121. The molecule has 1 atom stereocenters. The summed E-state index contributed by atoms with van der Waals surface area (Å²) in [5.41, 5.74) is 0. The highest BCUT2D eigenvalue weighted by atomic mass is 16.5. The maximum absolute atomic E-state index is 11.1. The Morgan fingerprint density at radius 3 is 2.71 bits per heavy atom. The molecule has 1 unspecified atom stereocenters. The van der Waals surface area contributed by atoms with Gasteiger partial charge in [-0.25, -0.2) is 0 Å². The lowest BCUT2D eigenvalue weighted by atomic mass is 10.3. The van der Waals surface area contributed by atoms with Gasteiger partial charge in [0.05, 0.1) is 6.10 Å². The molecule has 0 heterocycles. The van der Waals surface area contributed by atoms with E-state index in [4.69, 9.17) is 4.74 Å². The Labute approximate surface area is 86.4 Å². The maximum Gasteiger partial charge on any atom is 0.221 e. The lowest BCUT2D eigenvalue weighted by Gasteiger charge is -2.10. The molecule has 0 bridgehead atoms. The summed E-state index contributed by atoms with van der Waals surface area (Å²) in [6, 6.07) is 0. The van der Waals surface area contributed by atoms with Crippen molar-refractivity contribution in [1.29, 1.82) is 0 Å². The molecule has 0 saturated heterocycles. The molecule has 0 saturated carbocycles. The average molecular weight is 202 g/mol. The van der Waals surface area contributed by atoms with Crippen LogP contribution in [0.1, 0.15) is 26.7 Å². The lowest BCUT2D eigenvalue weighted by Crippen LogP contribution is -2.31. The standard InChI is InChI=1S/C10H22N2O2/c1-4-6-12-10(13)5-7-11-8-9(2)14-3/h9,11H,4-8H2,1-3H3,(H,12,13). The van der Waals surface area contributed by atoms with E-state index in [1.807, 2.05) is 13.8 Å². The first kappa shape index (κ1) is 13.4. The van der Waals surface area contributed by atoms with Gasteiger partial charge in [-0.1, -0.05) is 6.92 Å². The summed E-state index contributed by atoms with van der Waals surface area (Å²) in [7, 11) is 1.68. The van der Waals surface area contributed by atoms with E-state index in [2.05, 4.69) is 10.6 Å². The van der Waals surface area contributed by atoms with Gasteiger partial charge in [0.1, 0.15) is 0 Å². The number of carbonyl (C=O) groups is 1. The molecule has 4 nitrogen and oxygen atoms in total. The fourth-order valence-corrected chi connectivity index (χ4v) is 0.943. The molecular formula is C10H22N2O2. The van der Waals surface area contributed by atoms with Gasteiger partial charge in [0, 0.05) is 33.2 Å². The molecule has 0 aromatic rings. The van der Waals surface area contributed by atoms with E-state index in [-0.39, 0.29) is 12.0 Å². The first-order valence-corrected chi connectivity index (χ1v) is 5.20. The molecule has 0 aromatic carbocycles. The van der Waals surface area contributed by atoms with Crippen LogP contribution in [-0.2, 0) is 9.53 Å². The quantitative estimate of drug-likeness (QED) is 0.564. The molecule has 4 heteroatoms. The van der Waals surface area contributed by atoms with Gasteiger partial charge in [0.15, 0.2) is 0 Å². The Morgan fingerprint density at radius 1 is 1.43 bits per heavy atom. The number of carbonyl (C=O) groups excluding carboxylic acids is 1. The molecule has 0 aliphatic rings. The summed E-state index contributed by atoms with van der Waals surface area (Å²) in [5.74, 6) is 0.115. The molecule has 14 heavy (non-hydrogen) atoms. The van der Waals surface area contributed by atoms with E-state index in [0.29, 0.717) is 13.0 Å². The largest absolute Gasteiger partial charge is 0.380 e. The minimum Gasteiger partial charge on any atom is -0.380 e. The van der Waals surface area contributed by atoms with Crippen molar-refractivity contribution in [2.75, 3.05) is 26.7 Å². The van der Waals surface area contributed by atoms with E-state index >= 15 is 0 Å². The van der Waals surface area contributed by atoms with Crippen LogP contribution in [0.25, 0.3) is 0 Å². The Morgan fingerprint density at radius 2 is 2.14 bits per heavy atom. The molecule has 0 aliphatic heterocycles. The predicted octanol–water partition coefficient (Wildman–Crippen LogP) is 0.527. The van der Waals surface area contributed by atoms with Crippen molar-refractivity contribution >= 4 is 5.91 Å². The zero-order chi connectivity index (χ0) is 10.8. The number of hydrogen-bond acceptors (Lipinski definition) is 3. The first-order chi connectivity index (χ1) is 6.70. The third-order valence-corrected chi connectivity index (χ3v) is 1.94. The minimum atomic E-state index is 0.115. The highest BCUT2D eigenvalue weighted by molar-refractivity contribution is 5.75. The molecule has 2 N–H and O–H groups in total. The van der Waals surface area contributed by atoms with Crippen molar-refractivity contribution in [2.24, 2.45) is 0 Å². The zero-order valence-corrected chi connectivity index (χ0v) is 9.43. The van der Waals surface area contributed by atoms with Crippen LogP contribution in [0.3, 0.4) is 0 Å². The van der Waals surface area contributed by atoms with E-state index in [1.165, 1.54) is 0 Å². The van der Waals surface area contributed by atoms with Gasteiger partial charge in [-0.05, 0) is 13.3 Å². The van der Waals surface area contributed by atoms with Gasteiger partial charge in [0.25, 0.3) is 0 Å². The second-order valence-electron chi connectivity index (χ2n) is 3.35. The Hall–Kier alpha value is -0.610. The van der Waals surface area contributed by atoms with Crippen LogP contribution in [0.4, 0.5) is 0 Å². The van der Waals surface area contributed by atoms with Crippen LogP contribution < -0.4 is 10.6 Å². The summed E-state index contributed by atoms with van der Waals surface area (Å²) in [6.07, 6.45) is 1.73. The highest BCUT2D eigenvalue weighted by Gasteiger charge is 2.01. The van der Waals surface area contributed by atoms with Crippen molar-refractivity contribution in [3.8, 4) is 0 Å². The van der Waals surface area contributed by atoms with Crippen molar-refractivity contribution in [3.63, 3.8) is 0 Å². The topological polar surface area (TPSA) is 50.4 Å². The summed E-state index contributed by atoms with van der Waals surface area (Å²) in [4.78, 5) is 11.1. The molecule has 84 valence electrons. The van der Waals surface area contributed by atoms with Gasteiger partial charge in [-0.15, -0.1) is 0 Å². The number of rotatable bonds is 8. The monoisotopic (exact) mass is 202 g/mol. The van der Waals surface area contributed by atoms with E-state index in [9.17, 15) is 4.79 Å². The predicted molar refractivity (Wildman–Crippen MR) is 57.3 cm³/mol. The van der Waals surface area contributed by atoms with Crippen LogP contribution in [0.5, 0.6) is 0 Å². The van der Waals surface area contributed by atoms with Crippen LogP contribution >= 0.6 is 0 Å². The Balaban J connectivity index is 3.22. The number of ether oxygens (including phenoxy) is 1. The minimum absolute atomic E-state index is 0.115. The fraction of sp³-hybridized carbons (Fsp3) is 0.900. The smallest absolute Gasteiger partial charge is 0.221 e. The Kier molecular flexibility index (Phi) is 8.57. The molecule has 0 aliphatic carbocycles. The highest BCUT2D eigenvalue weighted by Crippen LogP contribution is 1.84. The summed E-state index contributed by atoms with van der Waals surface area (Å²) in [5, 5.41) is 5.98. The molecule has 0 spiro atoms. The van der Waals surface area contributed by atoms with Crippen LogP contribution in [-0.4, -0.2) is 38.8 Å². The van der Waals surface area contributed by atoms with Gasteiger partial charge < -0.3 is 15.4 Å². The van der Waals surface area contributed by atoms with Gasteiger partial charge in [0.2, 0.25) is 5.91 Å². The maximum atomic E-state index is 11.1. The average Bonchev–Trinajstić information content (AvgIpc) is 2.21. The molecule has 0 radical (unpaired) electrons. The fourth-order valence-electron chi connectivity index (χ4n) is 0.943. The third-order valence-electron chi connectivity index (χ3n) is 1.94. The number of amides is 1. The molecule has 0 fully saturated rings.